The molecule has 3 nitrogen and oxygen atoms in total. The molecule has 6 heteroatoms. The molecule has 0 saturated heterocycles. The molecule has 0 radical (unpaired) electrons. The summed E-state index contributed by atoms with van der Waals surface area (Å²) in [6, 6.07) is 3.83. The molecule has 20 heavy (non-hydrogen) atoms. The van der Waals surface area contributed by atoms with Crippen LogP contribution in [0.25, 0.3) is 0 Å². The van der Waals surface area contributed by atoms with Crippen LogP contribution < -0.4 is 5.73 Å². The van der Waals surface area contributed by atoms with Crippen LogP contribution in [0.15, 0.2) is 18.2 Å². The summed E-state index contributed by atoms with van der Waals surface area (Å²) in [5.74, 6) is -1.69. The van der Waals surface area contributed by atoms with Gasteiger partial charge in [0, 0.05) is 26.1 Å². The quantitative estimate of drug-likeness (QED) is 0.878. The Bertz CT molecular complexity index is 443. The number of carbonyl (C=O) groups is 1. The van der Waals surface area contributed by atoms with Crippen molar-refractivity contribution < 1.29 is 13.6 Å². The van der Waals surface area contributed by atoms with Crippen molar-refractivity contribution in [3.8, 4) is 0 Å². The number of benzene rings is 1. The molecule has 0 bridgehead atoms. The van der Waals surface area contributed by atoms with E-state index in [0.29, 0.717) is 31.4 Å². The molecular weight excluding hydrogens is 286 g/mol. The molecule has 2 N–H and O–H groups in total. The zero-order chi connectivity index (χ0) is 14.4. The van der Waals surface area contributed by atoms with Crippen LogP contribution in [0.1, 0.15) is 25.3 Å². The van der Waals surface area contributed by atoms with Crippen LogP contribution in [0.3, 0.4) is 0 Å². The maximum Gasteiger partial charge on any atom is 0.222 e. The number of hydrogen-bond acceptors (Lipinski definition) is 2. The third kappa shape index (κ3) is 5.43. The molecule has 1 unspecified atom stereocenters. The highest BCUT2D eigenvalue weighted by Gasteiger charge is 2.13. The van der Waals surface area contributed by atoms with E-state index in [1.165, 1.54) is 12.1 Å². The Morgan fingerprint density at radius 3 is 2.55 bits per heavy atom. The predicted octanol–water partition coefficient (Wildman–Crippen LogP) is 2.51. The summed E-state index contributed by atoms with van der Waals surface area (Å²) in [5, 5.41) is 0. The predicted molar refractivity (Wildman–Crippen MR) is 77.8 cm³/mol. The van der Waals surface area contributed by atoms with Crippen molar-refractivity contribution in [2.24, 2.45) is 5.73 Å². The van der Waals surface area contributed by atoms with Crippen LogP contribution in [0, 0.1) is 11.6 Å². The number of nitrogens with zero attached hydrogens (tertiary/aromatic N) is 1. The van der Waals surface area contributed by atoms with Crippen molar-refractivity contribution in [1.29, 1.82) is 0 Å². The van der Waals surface area contributed by atoms with Crippen LogP contribution in [-0.2, 0) is 11.2 Å². The Hall–Kier alpha value is -1.20. The zero-order valence-corrected chi connectivity index (χ0v) is 12.6. The molecular formula is C14H21ClF2N2O. The fraction of sp³-hybridized carbons (Fsp3) is 0.500. The monoisotopic (exact) mass is 306 g/mol. The van der Waals surface area contributed by atoms with Gasteiger partial charge in [0.05, 0.1) is 0 Å². The van der Waals surface area contributed by atoms with E-state index in [0.717, 1.165) is 6.07 Å². The van der Waals surface area contributed by atoms with E-state index in [-0.39, 0.29) is 24.4 Å². The lowest BCUT2D eigenvalue weighted by molar-refractivity contribution is -0.131. The summed E-state index contributed by atoms with van der Waals surface area (Å²) < 4.78 is 25.7. The maximum atomic E-state index is 13.0. The number of rotatable bonds is 6. The van der Waals surface area contributed by atoms with Gasteiger partial charge in [0.15, 0.2) is 11.6 Å². The van der Waals surface area contributed by atoms with E-state index in [1.54, 1.807) is 11.9 Å². The van der Waals surface area contributed by atoms with Gasteiger partial charge in [0.25, 0.3) is 0 Å². The van der Waals surface area contributed by atoms with Gasteiger partial charge in [0.2, 0.25) is 5.91 Å². The lowest BCUT2D eigenvalue weighted by atomic mass is 10.1. The van der Waals surface area contributed by atoms with E-state index in [9.17, 15) is 13.6 Å². The summed E-state index contributed by atoms with van der Waals surface area (Å²) in [6.45, 7) is 2.30. The summed E-state index contributed by atoms with van der Waals surface area (Å²) in [4.78, 5) is 13.4. The molecule has 0 aliphatic carbocycles. The lowest BCUT2D eigenvalue weighted by Gasteiger charge is -2.23. The first-order valence-electron chi connectivity index (χ1n) is 6.35. The van der Waals surface area contributed by atoms with Crippen molar-refractivity contribution in [2.45, 2.75) is 32.2 Å². The van der Waals surface area contributed by atoms with E-state index in [2.05, 4.69) is 0 Å². The summed E-state index contributed by atoms with van der Waals surface area (Å²) in [7, 11) is 1.72. The molecule has 0 spiro atoms. The van der Waals surface area contributed by atoms with Crippen molar-refractivity contribution in [2.75, 3.05) is 13.6 Å². The molecule has 1 rings (SSSR count). The Balaban J connectivity index is 0.00000361. The molecule has 1 atom stereocenters. The van der Waals surface area contributed by atoms with Gasteiger partial charge < -0.3 is 10.6 Å². The second-order valence-electron chi connectivity index (χ2n) is 4.69. The van der Waals surface area contributed by atoms with Crippen molar-refractivity contribution in [3.05, 3.63) is 35.4 Å². The van der Waals surface area contributed by atoms with Gasteiger partial charge in [-0.1, -0.05) is 6.07 Å². The smallest absolute Gasteiger partial charge is 0.222 e. The Morgan fingerprint density at radius 1 is 1.35 bits per heavy atom. The van der Waals surface area contributed by atoms with Crippen LogP contribution in [-0.4, -0.2) is 30.4 Å². The zero-order valence-electron chi connectivity index (χ0n) is 11.7. The number of likely N-dealkylation sites (N-methyl/N-ethyl adjacent to an activating group) is 1. The molecule has 0 saturated carbocycles. The van der Waals surface area contributed by atoms with Crippen molar-refractivity contribution >= 4 is 18.3 Å². The van der Waals surface area contributed by atoms with E-state index in [1.807, 2.05) is 6.92 Å². The number of halogens is 3. The number of amides is 1. The SMILES string of the molecule is CC(CN)N(C)C(=O)CCCc1ccc(F)c(F)c1.Cl. The molecule has 0 aromatic heterocycles. The minimum Gasteiger partial charge on any atom is -0.342 e. The molecule has 1 amide bonds. The standard InChI is InChI=1S/C14H20F2N2O.ClH/c1-10(9-17)18(2)14(19)5-3-4-11-6-7-12(15)13(16)8-11;/h6-8,10H,3-5,9,17H2,1-2H3;1H. The van der Waals surface area contributed by atoms with Gasteiger partial charge in [-0.2, -0.15) is 0 Å². The molecule has 0 fully saturated rings. The average molecular weight is 307 g/mol. The highest BCUT2D eigenvalue weighted by Crippen LogP contribution is 2.12. The topological polar surface area (TPSA) is 46.3 Å². The van der Waals surface area contributed by atoms with Crippen LogP contribution in [0.2, 0.25) is 0 Å². The first-order chi connectivity index (χ1) is 8.95. The lowest BCUT2D eigenvalue weighted by Crippen LogP contribution is -2.39. The molecule has 1 aromatic rings. The third-order valence-corrected chi connectivity index (χ3v) is 3.24. The third-order valence-electron chi connectivity index (χ3n) is 3.24. The minimum atomic E-state index is -0.851. The van der Waals surface area contributed by atoms with Crippen LogP contribution in [0.5, 0.6) is 0 Å². The largest absolute Gasteiger partial charge is 0.342 e. The van der Waals surface area contributed by atoms with E-state index >= 15 is 0 Å². The Kier molecular flexibility index (Phi) is 8.34. The van der Waals surface area contributed by atoms with Gasteiger partial charge in [-0.3, -0.25) is 4.79 Å². The number of nitrogens with two attached hydrogens (primary N) is 1. The number of hydrogen-bond donors (Lipinski definition) is 1. The van der Waals surface area contributed by atoms with Gasteiger partial charge >= 0.3 is 0 Å². The first kappa shape index (κ1) is 18.8. The Labute approximate surface area is 124 Å². The molecule has 0 aliphatic rings. The van der Waals surface area contributed by atoms with Crippen LogP contribution in [0.4, 0.5) is 8.78 Å². The molecule has 114 valence electrons. The number of aryl methyl sites for hydroxylation is 1. The fourth-order valence-electron chi connectivity index (χ4n) is 1.72. The number of carbonyl (C=O) groups excluding carboxylic acids is 1. The average Bonchev–Trinajstić information content (AvgIpc) is 2.40. The van der Waals surface area contributed by atoms with Gasteiger partial charge in [0.1, 0.15) is 0 Å². The van der Waals surface area contributed by atoms with Crippen molar-refractivity contribution in [3.63, 3.8) is 0 Å². The van der Waals surface area contributed by atoms with Crippen LogP contribution >= 0.6 is 12.4 Å². The van der Waals surface area contributed by atoms with Gasteiger partial charge in [-0.25, -0.2) is 8.78 Å². The normalized spacial score (nSPS) is 11.7. The first-order valence-corrected chi connectivity index (χ1v) is 6.35. The second-order valence-corrected chi connectivity index (χ2v) is 4.69. The summed E-state index contributed by atoms with van der Waals surface area (Å²) >= 11 is 0. The fourth-order valence-corrected chi connectivity index (χ4v) is 1.72. The van der Waals surface area contributed by atoms with E-state index in [4.69, 9.17) is 5.73 Å². The van der Waals surface area contributed by atoms with Gasteiger partial charge in [-0.15, -0.1) is 12.4 Å². The minimum absolute atomic E-state index is 0. The van der Waals surface area contributed by atoms with Crippen molar-refractivity contribution in [1.82, 2.24) is 4.90 Å². The molecule has 0 heterocycles. The molecule has 1 aromatic carbocycles. The Morgan fingerprint density at radius 2 is 2.00 bits per heavy atom. The summed E-state index contributed by atoms with van der Waals surface area (Å²) in [5.41, 5.74) is 6.19. The van der Waals surface area contributed by atoms with E-state index < -0.39 is 11.6 Å². The second kappa shape index (κ2) is 8.87. The summed E-state index contributed by atoms with van der Waals surface area (Å²) in [6.07, 6.45) is 1.53. The maximum absolute atomic E-state index is 13.0. The highest BCUT2D eigenvalue weighted by molar-refractivity contribution is 5.85. The van der Waals surface area contributed by atoms with Gasteiger partial charge in [-0.05, 0) is 37.5 Å². The molecule has 0 aliphatic heterocycles. The highest BCUT2D eigenvalue weighted by atomic mass is 35.5.